The van der Waals surface area contributed by atoms with Gasteiger partial charge < -0.3 is 9.80 Å². The summed E-state index contributed by atoms with van der Waals surface area (Å²) in [4.78, 5) is 8.94. The van der Waals surface area contributed by atoms with Crippen LogP contribution in [0.4, 0.5) is 20.3 Å². The zero-order chi connectivity index (χ0) is 20.0. The molecule has 5 rings (SSSR count). The highest BCUT2D eigenvalue weighted by Gasteiger charge is 2.46. The molecule has 1 aromatic carbocycles. The normalized spacial score (nSPS) is 18.2. The zero-order valence-electron chi connectivity index (χ0n) is 16.3. The number of aryl methyl sites for hydroxylation is 1. The van der Waals surface area contributed by atoms with E-state index in [2.05, 4.69) is 37.1 Å². The molecule has 0 radical (unpaired) electrons. The fraction of sp³-hybridized carbons (Fsp3) is 0.364. The van der Waals surface area contributed by atoms with Gasteiger partial charge >= 0.3 is 0 Å². The Kier molecular flexibility index (Phi) is 4.26. The van der Waals surface area contributed by atoms with Crippen LogP contribution in [0.2, 0.25) is 0 Å². The monoisotopic (exact) mass is 395 g/mol. The maximum absolute atomic E-state index is 14.1. The van der Waals surface area contributed by atoms with Crippen molar-refractivity contribution in [3.05, 3.63) is 59.9 Å². The molecule has 0 unspecified atom stereocenters. The Morgan fingerprint density at radius 1 is 1.07 bits per heavy atom. The molecule has 2 fully saturated rings. The Balaban J connectivity index is 1.31. The van der Waals surface area contributed by atoms with Gasteiger partial charge in [0.05, 0.1) is 5.69 Å². The van der Waals surface area contributed by atoms with Gasteiger partial charge in [0.25, 0.3) is 0 Å². The average molecular weight is 395 g/mol. The van der Waals surface area contributed by atoms with Crippen LogP contribution < -0.4 is 9.80 Å². The van der Waals surface area contributed by atoms with Crippen molar-refractivity contribution in [2.45, 2.75) is 19.8 Å². The molecular formula is C22H23F2N5. The van der Waals surface area contributed by atoms with Crippen molar-refractivity contribution in [3.8, 4) is 11.3 Å². The predicted octanol–water partition coefficient (Wildman–Crippen LogP) is 4.17. The summed E-state index contributed by atoms with van der Waals surface area (Å²) >= 11 is 0. The number of pyridine rings is 1. The average Bonchev–Trinajstić information content (AvgIpc) is 3.18. The number of nitrogens with zero attached hydrogens (tertiary/aromatic N) is 4. The van der Waals surface area contributed by atoms with E-state index in [4.69, 9.17) is 0 Å². The van der Waals surface area contributed by atoms with Gasteiger partial charge in [-0.1, -0.05) is 6.07 Å². The molecule has 2 saturated heterocycles. The lowest BCUT2D eigenvalue weighted by Crippen LogP contribution is -2.63. The van der Waals surface area contributed by atoms with Crippen LogP contribution in [0, 0.1) is 24.0 Å². The molecule has 150 valence electrons. The first-order chi connectivity index (χ1) is 14.0. The fourth-order valence-electron chi connectivity index (χ4n) is 4.66. The third-order valence-corrected chi connectivity index (χ3v) is 6.09. The van der Waals surface area contributed by atoms with Gasteiger partial charge in [0.1, 0.15) is 0 Å². The number of aromatic nitrogens is 3. The molecule has 0 saturated carbocycles. The van der Waals surface area contributed by atoms with Crippen molar-refractivity contribution < 1.29 is 8.78 Å². The molecule has 4 heterocycles. The third-order valence-electron chi connectivity index (χ3n) is 6.09. The molecule has 0 atom stereocenters. The van der Waals surface area contributed by atoms with E-state index in [-0.39, 0.29) is 11.0 Å². The van der Waals surface area contributed by atoms with Gasteiger partial charge in [0.2, 0.25) is 0 Å². The van der Waals surface area contributed by atoms with Crippen LogP contribution in [0.5, 0.6) is 0 Å². The van der Waals surface area contributed by atoms with Gasteiger partial charge in [-0.3, -0.25) is 10.1 Å². The van der Waals surface area contributed by atoms with Crippen LogP contribution in [-0.2, 0) is 0 Å². The molecule has 1 spiro atoms. The summed E-state index contributed by atoms with van der Waals surface area (Å²) < 4.78 is 27.7. The molecule has 0 amide bonds. The number of piperidine rings is 1. The number of hydrogen-bond donors (Lipinski definition) is 1. The first kappa shape index (κ1) is 18.1. The molecule has 2 aliphatic heterocycles. The number of benzene rings is 1. The second-order valence-electron chi connectivity index (χ2n) is 8.28. The largest absolute Gasteiger partial charge is 0.370 e. The molecule has 0 bridgehead atoms. The minimum Gasteiger partial charge on any atom is -0.370 e. The van der Waals surface area contributed by atoms with Crippen molar-refractivity contribution in [1.29, 1.82) is 0 Å². The first-order valence-corrected chi connectivity index (χ1v) is 9.95. The maximum atomic E-state index is 14.1. The first-order valence-electron chi connectivity index (χ1n) is 9.95. The molecule has 29 heavy (non-hydrogen) atoms. The minimum absolute atomic E-state index is 0.207. The smallest absolute Gasteiger partial charge is 0.168 e. The van der Waals surface area contributed by atoms with Crippen molar-refractivity contribution >= 4 is 11.5 Å². The Morgan fingerprint density at radius 3 is 2.72 bits per heavy atom. The van der Waals surface area contributed by atoms with Crippen LogP contribution in [0.3, 0.4) is 0 Å². The summed E-state index contributed by atoms with van der Waals surface area (Å²) in [5.74, 6) is -0.905. The minimum atomic E-state index is -0.850. The summed E-state index contributed by atoms with van der Waals surface area (Å²) in [5, 5.41) is 7.27. The van der Waals surface area contributed by atoms with E-state index in [9.17, 15) is 8.78 Å². The van der Waals surface area contributed by atoms with E-state index in [1.54, 1.807) is 6.07 Å². The molecule has 0 aliphatic carbocycles. The molecule has 1 N–H and O–H groups in total. The summed E-state index contributed by atoms with van der Waals surface area (Å²) in [5.41, 5.74) is 3.21. The van der Waals surface area contributed by atoms with Crippen LogP contribution in [0.25, 0.3) is 11.3 Å². The predicted molar refractivity (Wildman–Crippen MR) is 109 cm³/mol. The number of aromatic amines is 1. The van der Waals surface area contributed by atoms with Crippen LogP contribution >= 0.6 is 0 Å². The van der Waals surface area contributed by atoms with E-state index in [0.29, 0.717) is 5.69 Å². The van der Waals surface area contributed by atoms with Crippen molar-refractivity contribution in [3.63, 3.8) is 0 Å². The number of hydrogen-bond acceptors (Lipinski definition) is 4. The second kappa shape index (κ2) is 6.83. The molecular weight excluding hydrogens is 372 g/mol. The van der Waals surface area contributed by atoms with E-state index >= 15 is 0 Å². The van der Waals surface area contributed by atoms with E-state index in [1.165, 1.54) is 18.2 Å². The van der Waals surface area contributed by atoms with E-state index < -0.39 is 11.6 Å². The highest BCUT2D eigenvalue weighted by molar-refractivity contribution is 5.64. The Hall–Kier alpha value is -2.96. The van der Waals surface area contributed by atoms with Crippen LogP contribution in [0.1, 0.15) is 18.5 Å². The van der Waals surface area contributed by atoms with Gasteiger partial charge in [-0.05, 0) is 44.0 Å². The number of halogens is 2. The van der Waals surface area contributed by atoms with Gasteiger partial charge in [-0.25, -0.2) is 8.78 Å². The fourth-order valence-corrected chi connectivity index (χ4v) is 4.66. The van der Waals surface area contributed by atoms with Gasteiger partial charge in [0.15, 0.2) is 17.5 Å². The number of H-pyrrole nitrogens is 1. The molecule has 5 nitrogen and oxygen atoms in total. The standard InChI is InChI=1S/C22H23F2N5/c1-15-10-16(6-8-25-15)29-13-22(14-29)7-3-9-28(12-22)20-11-19(26-27-20)17-4-2-5-18(23)21(17)24/h2,4-6,8,10-11H,3,7,9,12-14H2,1H3,(H,26,27). The maximum Gasteiger partial charge on any atom is 0.168 e. The number of nitrogens with one attached hydrogen (secondary N) is 1. The highest BCUT2D eigenvalue weighted by atomic mass is 19.2. The topological polar surface area (TPSA) is 48.0 Å². The lowest BCUT2D eigenvalue weighted by atomic mass is 9.73. The summed E-state index contributed by atoms with van der Waals surface area (Å²) in [6.07, 6.45) is 4.15. The lowest BCUT2D eigenvalue weighted by Gasteiger charge is -2.55. The van der Waals surface area contributed by atoms with Crippen LogP contribution in [-0.4, -0.2) is 41.4 Å². The van der Waals surface area contributed by atoms with E-state index in [0.717, 1.165) is 50.2 Å². The number of anilines is 2. The number of rotatable bonds is 3. The van der Waals surface area contributed by atoms with E-state index in [1.807, 2.05) is 19.2 Å². The van der Waals surface area contributed by atoms with Gasteiger partial charge in [0, 0.05) is 60.8 Å². The third kappa shape index (κ3) is 3.24. The van der Waals surface area contributed by atoms with Crippen LogP contribution in [0.15, 0.2) is 42.6 Å². The molecule has 3 aromatic rings. The molecule has 2 aromatic heterocycles. The SMILES string of the molecule is Cc1cc(N2CC3(CCCN(c4cc(-c5cccc(F)c5F)[nH]n4)C3)C2)ccn1. The Bertz CT molecular complexity index is 1040. The second-order valence-corrected chi connectivity index (χ2v) is 8.28. The van der Waals surface area contributed by atoms with Crippen molar-refractivity contribution in [2.24, 2.45) is 5.41 Å². The van der Waals surface area contributed by atoms with Gasteiger partial charge in [-0.15, -0.1) is 0 Å². The molecule has 7 heteroatoms. The summed E-state index contributed by atoms with van der Waals surface area (Å²) in [7, 11) is 0. The Labute approximate surface area is 168 Å². The van der Waals surface area contributed by atoms with Crippen molar-refractivity contribution in [1.82, 2.24) is 15.2 Å². The summed E-state index contributed by atoms with van der Waals surface area (Å²) in [6, 6.07) is 10.2. The zero-order valence-corrected chi connectivity index (χ0v) is 16.3. The highest BCUT2D eigenvalue weighted by Crippen LogP contribution is 2.42. The summed E-state index contributed by atoms with van der Waals surface area (Å²) in [6.45, 7) is 5.89. The quantitative estimate of drug-likeness (QED) is 0.723. The molecule has 2 aliphatic rings. The Morgan fingerprint density at radius 2 is 1.90 bits per heavy atom. The van der Waals surface area contributed by atoms with Crippen molar-refractivity contribution in [2.75, 3.05) is 36.0 Å². The van der Waals surface area contributed by atoms with Gasteiger partial charge in [-0.2, -0.15) is 5.10 Å². The lowest BCUT2D eigenvalue weighted by molar-refractivity contribution is 0.174.